The van der Waals surface area contributed by atoms with E-state index in [-0.39, 0.29) is 41.3 Å². The number of esters is 1. The summed E-state index contributed by atoms with van der Waals surface area (Å²) >= 11 is 0. The molecule has 0 fully saturated rings. The van der Waals surface area contributed by atoms with Gasteiger partial charge in [-0.25, -0.2) is 4.98 Å². The van der Waals surface area contributed by atoms with Crippen molar-refractivity contribution in [3.63, 3.8) is 0 Å². The lowest BCUT2D eigenvalue weighted by Crippen LogP contribution is -2.40. The van der Waals surface area contributed by atoms with Crippen LogP contribution in [0.5, 0.6) is 0 Å². The summed E-state index contributed by atoms with van der Waals surface area (Å²) in [4.78, 5) is 19.7. The molecule has 0 aliphatic carbocycles. The van der Waals surface area contributed by atoms with Crippen molar-refractivity contribution in [1.29, 1.82) is 0 Å². The molecule has 132 valence electrons. The smallest absolute Gasteiger partial charge is 0.310 e. The van der Waals surface area contributed by atoms with E-state index in [4.69, 9.17) is 4.42 Å². The minimum atomic E-state index is -0.259. The first-order chi connectivity index (χ1) is 10.3. The highest BCUT2D eigenvalue weighted by Crippen LogP contribution is 2.22. The van der Waals surface area contributed by atoms with Gasteiger partial charge in [0.2, 0.25) is 5.89 Å². The predicted molar refractivity (Wildman–Crippen MR) is 100.0 cm³/mol. The van der Waals surface area contributed by atoms with Crippen LogP contribution in [0.4, 0.5) is 0 Å². The van der Waals surface area contributed by atoms with E-state index in [0.717, 1.165) is 5.76 Å². The Balaban J connectivity index is 0.00000484. The van der Waals surface area contributed by atoms with Crippen molar-refractivity contribution >= 4 is 35.9 Å². The van der Waals surface area contributed by atoms with Crippen LogP contribution in [0.2, 0.25) is 0 Å². The molecule has 8 heteroatoms. The van der Waals surface area contributed by atoms with Crippen molar-refractivity contribution in [2.24, 2.45) is 10.9 Å². The number of hydrogen-bond acceptors (Lipinski definition) is 5. The number of hydrogen-bond donors (Lipinski definition) is 2. The van der Waals surface area contributed by atoms with Gasteiger partial charge in [0.05, 0.1) is 25.8 Å². The number of methoxy groups -OCH3 is 1. The van der Waals surface area contributed by atoms with Gasteiger partial charge in [0.15, 0.2) is 5.96 Å². The van der Waals surface area contributed by atoms with E-state index in [9.17, 15) is 4.79 Å². The summed E-state index contributed by atoms with van der Waals surface area (Å²) in [6.07, 6.45) is 1.74. The Morgan fingerprint density at radius 2 is 2.09 bits per heavy atom. The van der Waals surface area contributed by atoms with E-state index >= 15 is 0 Å². The summed E-state index contributed by atoms with van der Waals surface area (Å²) in [5.74, 6) is 1.50. The lowest BCUT2D eigenvalue weighted by molar-refractivity contribution is -0.144. The second-order valence-corrected chi connectivity index (χ2v) is 6.10. The summed E-state index contributed by atoms with van der Waals surface area (Å²) in [6, 6.07) is 0. The fourth-order valence-corrected chi connectivity index (χ4v) is 1.65. The van der Waals surface area contributed by atoms with E-state index in [1.54, 1.807) is 20.2 Å². The molecule has 0 amide bonds. The van der Waals surface area contributed by atoms with Crippen molar-refractivity contribution in [1.82, 2.24) is 15.6 Å². The minimum Gasteiger partial charge on any atom is -0.469 e. The van der Waals surface area contributed by atoms with Crippen LogP contribution in [0.15, 0.2) is 15.6 Å². The summed E-state index contributed by atoms with van der Waals surface area (Å²) in [5.41, 5.74) is -0.0683. The van der Waals surface area contributed by atoms with Gasteiger partial charge in [-0.15, -0.1) is 24.0 Å². The van der Waals surface area contributed by atoms with Crippen molar-refractivity contribution < 1.29 is 13.9 Å². The first kappa shape index (κ1) is 21.7. The number of carbonyl (C=O) groups excluding carboxylic acids is 1. The molecule has 0 spiro atoms. The van der Waals surface area contributed by atoms with E-state index in [1.165, 1.54) is 7.11 Å². The molecule has 23 heavy (non-hydrogen) atoms. The van der Waals surface area contributed by atoms with Crippen molar-refractivity contribution in [3.8, 4) is 0 Å². The second-order valence-electron chi connectivity index (χ2n) is 6.10. The van der Waals surface area contributed by atoms with Gasteiger partial charge >= 0.3 is 5.97 Å². The molecule has 0 aliphatic rings. The number of nitrogens with zero attached hydrogens (tertiary/aromatic N) is 2. The van der Waals surface area contributed by atoms with Gasteiger partial charge in [-0.05, 0) is 0 Å². The van der Waals surface area contributed by atoms with Crippen LogP contribution in [0.25, 0.3) is 0 Å². The Morgan fingerprint density at radius 3 is 2.57 bits per heavy atom. The summed E-state index contributed by atoms with van der Waals surface area (Å²) in [5, 5.41) is 6.15. The molecule has 1 atom stereocenters. The van der Waals surface area contributed by atoms with E-state index in [1.807, 2.05) is 0 Å². The van der Waals surface area contributed by atoms with Gasteiger partial charge in [0.25, 0.3) is 0 Å². The molecule has 1 aromatic heterocycles. The van der Waals surface area contributed by atoms with Crippen LogP contribution >= 0.6 is 24.0 Å². The fraction of sp³-hybridized carbons (Fsp3) is 0.667. The maximum atomic E-state index is 11.3. The molecular formula is C15H27IN4O3. The van der Waals surface area contributed by atoms with Crippen molar-refractivity contribution in [3.05, 3.63) is 17.8 Å². The van der Waals surface area contributed by atoms with Gasteiger partial charge < -0.3 is 19.8 Å². The van der Waals surface area contributed by atoms with Gasteiger partial charge in [-0.1, -0.05) is 27.7 Å². The zero-order chi connectivity index (χ0) is 16.8. The average Bonchev–Trinajstić information content (AvgIpc) is 2.95. The third-order valence-electron chi connectivity index (χ3n) is 3.10. The topological polar surface area (TPSA) is 88.8 Å². The quantitative estimate of drug-likeness (QED) is 0.317. The first-order valence-corrected chi connectivity index (χ1v) is 7.25. The standard InChI is InChI=1S/C15H26N4O3.HI/c1-10(13(20)21-6)7-18-14(16-5)19-9-12-17-8-11(22-12)15(2,3)4;/h8,10H,7,9H2,1-6H3,(H2,16,18,19);1H. The number of ether oxygens (including phenoxy) is 1. The molecule has 2 N–H and O–H groups in total. The zero-order valence-electron chi connectivity index (χ0n) is 14.6. The van der Waals surface area contributed by atoms with Crippen molar-refractivity contribution in [2.45, 2.75) is 39.7 Å². The number of rotatable bonds is 5. The van der Waals surface area contributed by atoms with Crippen molar-refractivity contribution in [2.75, 3.05) is 20.7 Å². The number of oxazole rings is 1. The highest BCUT2D eigenvalue weighted by atomic mass is 127. The third kappa shape index (κ3) is 7.19. The molecule has 0 aliphatic heterocycles. The normalized spacial score (nSPS) is 13.0. The van der Waals surface area contributed by atoms with E-state index < -0.39 is 0 Å². The van der Waals surface area contributed by atoms with Crippen LogP contribution < -0.4 is 10.6 Å². The Bertz CT molecular complexity index is 523. The third-order valence-corrected chi connectivity index (χ3v) is 3.10. The Hall–Kier alpha value is -1.32. The maximum absolute atomic E-state index is 11.3. The molecular weight excluding hydrogens is 411 g/mol. The zero-order valence-corrected chi connectivity index (χ0v) is 16.9. The van der Waals surface area contributed by atoms with Gasteiger partial charge in [-0.2, -0.15) is 0 Å². The summed E-state index contributed by atoms with van der Waals surface area (Å²) in [7, 11) is 3.04. The molecule has 0 saturated heterocycles. The predicted octanol–water partition coefficient (Wildman–Crippen LogP) is 2.06. The van der Waals surface area contributed by atoms with Crippen LogP contribution in [0.1, 0.15) is 39.3 Å². The summed E-state index contributed by atoms with van der Waals surface area (Å²) < 4.78 is 10.4. The average molecular weight is 438 g/mol. The maximum Gasteiger partial charge on any atom is 0.310 e. The van der Waals surface area contributed by atoms with Crippen LogP contribution in [0, 0.1) is 5.92 Å². The highest BCUT2D eigenvalue weighted by molar-refractivity contribution is 14.0. The number of guanidine groups is 1. The molecule has 7 nitrogen and oxygen atoms in total. The minimum absolute atomic E-state index is 0. The molecule has 1 heterocycles. The second kappa shape index (κ2) is 9.74. The molecule has 1 unspecified atom stereocenters. The monoisotopic (exact) mass is 438 g/mol. The molecule has 1 aromatic rings. The van der Waals surface area contributed by atoms with Crippen LogP contribution in [0.3, 0.4) is 0 Å². The number of nitrogens with one attached hydrogen (secondary N) is 2. The van der Waals surface area contributed by atoms with Gasteiger partial charge in [0.1, 0.15) is 5.76 Å². The Labute approximate surface area is 154 Å². The molecule has 1 rings (SSSR count). The lowest BCUT2D eigenvalue weighted by atomic mass is 9.94. The van der Waals surface area contributed by atoms with Gasteiger partial charge in [-0.3, -0.25) is 9.79 Å². The van der Waals surface area contributed by atoms with Gasteiger partial charge in [0, 0.05) is 19.0 Å². The molecule has 0 radical (unpaired) electrons. The number of halogens is 1. The molecule has 0 bridgehead atoms. The largest absolute Gasteiger partial charge is 0.469 e. The fourth-order valence-electron chi connectivity index (χ4n) is 1.65. The molecule has 0 saturated carbocycles. The lowest BCUT2D eigenvalue weighted by Gasteiger charge is -2.14. The summed E-state index contributed by atoms with van der Waals surface area (Å²) in [6.45, 7) is 8.85. The number of aromatic nitrogens is 1. The molecule has 0 aromatic carbocycles. The van der Waals surface area contributed by atoms with Crippen LogP contribution in [-0.4, -0.2) is 37.6 Å². The highest BCUT2D eigenvalue weighted by Gasteiger charge is 2.19. The SMILES string of the molecule is CN=C(NCc1ncc(C(C)(C)C)o1)NCC(C)C(=O)OC.I. The Kier molecular flexibility index (Phi) is 9.18. The van der Waals surface area contributed by atoms with E-state index in [2.05, 4.69) is 46.1 Å². The van der Waals surface area contributed by atoms with Crippen LogP contribution in [-0.2, 0) is 21.5 Å². The first-order valence-electron chi connectivity index (χ1n) is 7.25. The number of carbonyl (C=O) groups is 1. The number of aliphatic imine (C=N–C) groups is 1. The van der Waals surface area contributed by atoms with E-state index in [0.29, 0.717) is 24.9 Å². The Morgan fingerprint density at radius 1 is 1.43 bits per heavy atom.